The molecule has 0 radical (unpaired) electrons. The minimum Gasteiger partial charge on any atom is -0.333 e. The molecule has 2 aliphatic rings. The highest BCUT2D eigenvalue weighted by molar-refractivity contribution is 5.96. The summed E-state index contributed by atoms with van der Waals surface area (Å²) < 4.78 is 13.5. The Kier molecular flexibility index (Phi) is 5.79. The van der Waals surface area contributed by atoms with Crippen molar-refractivity contribution in [3.63, 3.8) is 0 Å². The fraction of sp³-hybridized carbons (Fsp3) is 0.391. The predicted octanol–water partition coefficient (Wildman–Crippen LogP) is 3.60. The van der Waals surface area contributed by atoms with Gasteiger partial charge in [0.1, 0.15) is 5.82 Å². The van der Waals surface area contributed by atoms with Crippen LogP contribution >= 0.6 is 0 Å². The Bertz CT molecular complexity index is 865. The first-order chi connectivity index (χ1) is 14.1. The molecule has 2 aliphatic heterocycles. The van der Waals surface area contributed by atoms with Crippen LogP contribution < -0.4 is 10.2 Å². The number of piperidine rings is 1. The van der Waals surface area contributed by atoms with Gasteiger partial charge in [-0.25, -0.2) is 9.18 Å². The minimum absolute atomic E-state index is 0.0949. The van der Waals surface area contributed by atoms with Crippen LogP contribution in [0.15, 0.2) is 54.6 Å². The summed E-state index contributed by atoms with van der Waals surface area (Å²) in [5.74, 6) is 0.126. The number of halogens is 1. The maximum atomic E-state index is 13.5. The topological polar surface area (TPSA) is 52.7 Å². The van der Waals surface area contributed by atoms with Crippen LogP contribution in [0, 0.1) is 11.7 Å². The van der Waals surface area contributed by atoms with Gasteiger partial charge in [0.05, 0.1) is 6.04 Å². The summed E-state index contributed by atoms with van der Waals surface area (Å²) in [5.41, 5.74) is 1.88. The maximum Gasteiger partial charge on any atom is 0.317 e. The van der Waals surface area contributed by atoms with Crippen LogP contribution in [0.25, 0.3) is 0 Å². The van der Waals surface area contributed by atoms with Crippen molar-refractivity contribution in [3.05, 3.63) is 66.0 Å². The van der Waals surface area contributed by atoms with Crippen LogP contribution in [-0.2, 0) is 11.2 Å². The van der Waals surface area contributed by atoms with E-state index in [1.807, 2.05) is 11.0 Å². The number of anilines is 1. The van der Waals surface area contributed by atoms with Crippen molar-refractivity contribution in [3.8, 4) is 0 Å². The van der Waals surface area contributed by atoms with Gasteiger partial charge in [0.15, 0.2) is 0 Å². The standard InChI is InChI=1S/C23H26FN3O2/c24-19-7-4-8-21(14-19)27-16-20(15-22(27)28)25-23(29)26-11-9-18(10-12-26)13-17-5-2-1-3-6-17/h1-8,14,18,20H,9-13,15-16H2,(H,25,29)/t20-/m0/s1. The van der Waals surface area contributed by atoms with E-state index in [0.29, 0.717) is 18.2 Å². The highest BCUT2D eigenvalue weighted by atomic mass is 19.1. The third-order valence-corrected chi connectivity index (χ3v) is 5.84. The molecule has 2 aromatic carbocycles. The number of hydrogen-bond acceptors (Lipinski definition) is 2. The number of hydrogen-bond donors (Lipinski definition) is 1. The van der Waals surface area contributed by atoms with E-state index in [-0.39, 0.29) is 30.2 Å². The molecule has 0 spiro atoms. The lowest BCUT2D eigenvalue weighted by atomic mass is 9.90. The molecule has 4 rings (SSSR count). The SMILES string of the molecule is O=C(N[C@H]1CC(=O)N(c2cccc(F)c2)C1)N1CCC(Cc2ccccc2)CC1. The smallest absolute Gasteiger partial charge is 0.317 e. The molecule has 2 fully saturated rings. The molecule has 0 aliphatic carbocycles. The first-order valence-corrected chi connectivity index (χ1v) is 10.2. The number of carbonyl (C=O) groups excluding carboxylic acids is 2. The number of nitrogens with one attached hydrogen (secondary N) is 1. The molecule has 5 nitrogen and oxygen atoms in total. The summed E-state index contributed by atoms with van der Waals surface area (Å²) in [5, 5.41) is 2.99. The van der Waals surface area contributed by atoms with Crippen molar-refractivity contribution >= 4 is 17.6 Å². The number of carbonyl (C=O) groups is 2. The van der Waals surface area contributed by atoms with Gasteiger partial charge in [-0.2, -0.15) is 0 Å². The van der Waals surface area contributed by atoms with Crippen LogP contribution in [0.1, 0.15) is 24.8 Å². The third-order valence-electron chi connectivity index (χ3n) is 5.84. The predicted molar refractivity (Wildman–Crippen MR) is 110 cm³/mol. The van der Waals surface area contributed by atoms with Crippen molar-refractivity contribution < 1.29 is 14.0 Å². The van der Waals surface area contributed by atoms with Gasteiger partial charge in [0.25, 0.3) is 0 Å². The number of likely N-dealkylation sites (tertiary alicyclic amines) is 1. The maximum absolute atomic E-state index is 13.5. The van der Waals surface area contributed by atoms with E-state index in [1.165, 1.54) is 17.7 Å². The zero-order valence-electron chi connectivity index (χ0n) is 16.4. The molecule has 0 aromatic heterocycles. The van der Waals surface area contributed by atoms with E-state index in [9.17, 15) is 14.0 Å². The molecule has 1 atom stereocenters. The average Bonchev–Trinajstić information content (AvgIpc) is 3.09. The van der Waals surface area contributed by atoms with Gasteiger partial charge in [-0.3, -0.25) is 4.79 Å². The molecule has 0 unspecified atom stereocenters. The van der Waals surface area contributed by atoms with E-state index in [4.69, 9.17) is 0 Å². The molecule has 152 valence electrons. The van der Waals surface area contributed by atoms with Crippen molar-refractivity contribution in [2.24, 2.45) is 5.92 Å². The number of nitrogens with zero attached hydrogens (tertiary/aromatic N) is 2. The molecule has 29 heavy (non-hydrogen) atoms. The van der Waals surface area contributed by atoms with Crippen LogP contribution in [-0.4, -0.2) is 42.5 Å². The van der Waals surface area contributed by atoms with E-state index in [0.717, 1.165) is 32.4 Å². The first-order valence-electron chi connectivity index (χ1n) is 10.2. The number of rotatable bonds is 4. The fourth-order valence-electron chi connectivity index (χ4n) is 4.25. The van der Waals surface area contributed by atoms with Crippen molar-refractivity contribution in [2.75, 3.05) is 24.5 Å². The molecule has 0 bridgehead atoms. The average molecular weight is 395 g/mol. The van der Waals surface area contributed by atoms with Gasteiger partial charge in [-0.05, 0) is 48.9 Å². The Labute approximate surface area is 170 Å². The molecule has 2 aromatic rings. The fourth-order valence-corrected chi connectivity index (χ4v) is 4.25. The Hall–Kier alpha value is -2.89. The van der Waals surface area contributed by atoms with Crippen LogP contribution in [0.3, 0.4) is 0 Å². The zero-order chi connectivity index (χ0) is 20.2. The Morgan fingerprint density at radius 2 is 1.83 bits per heavy atom. The summed E-state index contributed by atoms with van der Waals surface area (Å²) in [6.45, 7) is 1.84. The lowest BCUT2D eigenvalue weighted by Crippen LogP contribution is -2.48. The second-order valence-corrected chi connectivity index (χ2v) is 7.95. The van der Waals surface area contributed by atoms with E-state index in [1.54, 1.807) is 17.0 Å². The van der Waals surface area contributed by atoms with Crippen LogP contribution in [0.2, 0.25) is 0 Å². The minimum atomic E-state index is -0.374. The van der Waals surface area contributed by atoms with Crippen LogP contribution in [0.4, 0.5) is 14.9 Å². The number of benzene rings is 2. The zero-order valence-corrected chi connectivity index (χ0v) is 16.4. The molecule has 0 saturated carbocycles. The Morgan fingerprint density at radius 3 is 2.55 bits per heavy atom. The Morgan fingerprint density at radius 1 is 1.07 bits per heavy atom. The summed E-state index contributed by atoms with van der Waals surface area (Å²) in [6, 6.07) is 16.1. The molecule has 2 heterocycles. The number of urea groups is 1. The van der Waals surface area contributed by atoms with E-state index in [2.05, 4.69) is 29.6 Å². The summed E-state index contributed by atoms with van der Waals surface area (Å²) in [4.78, 5) is 28.3. The normalized spacial score (nSPS) is 20.2. The third kappa shape index (κ3) is 4.75. The molecule has 2 saturated heterocycles. The van der Waals surface area contributed by atoms with Crippen molar-refractivity contribution in [1.82, 2.24) is 10.2 Å². The summed E-state index contributed by atoms with van der Waals surface area (Å²) in [6.07, 6.45) is 3.27. The molecule has 1 N–H and O–H groups in total. The van der Waals surface area contributed by atoms with Crippen LogP contribution in [0.5, 0.6) is 0 Å². The second kappa shape index (κ2) is 8.64. The first kappa shape index (κ1) is 19.4. The molecular formula is C23H26FN3O2. The molecule has 6 heteroatoms. The largest absolute Gasteiger partial charge is 0.333 e. The Balaban J connectivity index is 1.26. The monoisotopic (exact) mass is 395 g/mol. The molecular weight excluding hydrogens is 369 g/mol. The van der Waals surface area contributed by atoms with Crippen molar-refractivity contribution in [2.45, 2.75) is 31.7 Å². The van der Waals surface area contributed by atoms with E-state index < -0.39 is 0 Å². The molecule has 3 amide bonds. The van der Waals surface area contributed by atoms with Gasteiger partial charge in [-0.1, -0.05) is 36.4 Å². The van der Waals surface area contributed by atoms with Crippen molar-refractivity contribution in [1.29, 1.82) is 0 Å². The summed E-state index contributed by atoms with van der Waals surface area (Å²) in [7, 11) is 0. The van der Waals surface area contributed by atoms with Gasteiger partial charge >= 0.3 is 6.03 Å². The van der Waals surface area contributed by atoms with Gasteiger partial charge < -0.3 is 15.1 Å². The number of amides is 3. The summed E-state index contributed by atoms with van der Waals surface area (Å²) >= 11 is 0. The quantitative estimate of drug-likeness (QED) is 0.860. The highest BCUT2D eigenvalue weighted by Gasteiger charge is 2.33. The van der Waals surface area contributed by atoms with Gasteiger partial charge in [0.2, 0.25) is 5.91 Å². The highest BCUT2D eigenvalue weighted by Crippen LogP contribution is 2.24. The lowest BCUT2D eigenvalue weighted by Gasteiger charge is -2.33. The van der Waals surface area contributed by atoms with E-state index >= 15 is 0 Å². The van der Waals surface area contributed by atoms with Gasteiger partial charge in [0, 0.05) is 31.7 Å². The van der Waals surface area contributed by atoms with Gasteiger partial charge in [-0.15, -0.1) is 0 Å². The second-order valence-electron chi connectivity index (χ2n) is 7.95. The lowest BCUT2D eigenvalue weighted by molar-refractivity contribution is -0.117.